The zero-order valence-electron chi connectivity index (χ0n) is 19.9. The van der Waals surface area contributed by atoms with Crippen LogP contribution >= 0.6 is 0 Å². The van der Waals surface area contributed by atoms with Crippen molar-refractivity contribution >= 4 is 11.8 Å². The molecule has 7 nitrogen and oxygen atoms in total. The lowest BCUT2D eigenvalue weighted by Crippen LogP contribution is -2.43. The average Bonchev–Trinajstić information content (AvgIpc) is 3.63. The van der Waals surface area contributed by atoms with Crippen molar-refractivity contribution in [2.24, 2.45) is 7.05 Å². The highest BCUT2D eigenvalue weighted by Crippen LogP contribution is 2.32. The number of hydrogen-bond donors (Lipinski definition) is 0. The van der Waals surface area contributed by atoms with E-state index in [0.29, 0.717) is 30.2 Å². The molecule has 0 aliphatic heterocycles. The number of methoxy groups -OCH3 is 2. The third kappa shape index (κ3) is 5.42. The Morgan fingerprint density at radius 3 is 2.35 bits per heavy atom. The lowest BCUT2D eigenvalue weighted by molar-refractivity contribution is -0.133. The average molecular weight is 462 g/mol. The van der Waals surface area contributed by atoms with Gasteiger partial charge in [0.2, 0.25) is 5.91 Å². The van der Waals surface area contributed by atoms with Gasteiger partial charge in [0.15, 0.2) is 0 Å². The lowest BCUT2D eigenvalue weighted by atomic mass is 10.1. The second kappa shape index (κ2) is 10.5. The van der Waals surface area contributed by atoms with Gasteiger partial charge in [-0.3, -0.25) is 9.59 Å². The first-order valence-corrected chi connectivity index (χ1v) is 11.4. The van der Waals surface area contributed by atoms with E-state index in [1.165, 1.54) is 7.11 Å². The number of nitrogens with zero attached hydrogens (tertiary/aromatic N) is 3. The van der Waals surface area contributed by atoms with E-state index in [2.05, 4.69) is 0 Å². The number of hydrogen-bond acceptors (Lipinski definition) is 4. The molecule has 178 valence electrons. The molecule has 4 rings (SSSR count). The molecule has 1 aromatic heterocycles. The molecule has 3 aromatic rings. The smallest absolute Gasteiger partial charge is 0.258 e. The molecule has 1 aliphatic carbocycles. The van der Waals surface area contributed by atoms with Gasteiger partial charge in [-0.2, -0.15) is 0 Å². The molecule has 0 unspecified atom stereocenters. The molecule has 0 saturated heterocycles. The summed E-state index contributed by atoms with van der Waals surface area (Å²) in [7, 11) is 5.07. The lowest BCUT2D eigenvalue weighted by Gasteiger charge is -2.28. The largest absolute Gasteiger partial charge is 0.497 e. The van der Waals surface area contributed by atoms with E-state index in [0.717, 1.165) is 24.1 Å². The van der Waals surface area contributed by atoms with Crippen molar-refractivity contribution < 1.29 is 19.1 Å². The molecule has 1 aliphatic rings. The number of aryl methyl sites for hydroxylation is 1. The Kier molecular flexibility index (Phi) is 7.21. The third-order valence-corrected chi connectivity index (χ3v) is 6.17. The predicted molar refractivity (Wildman–Crippen MR) is 130 cm³/mol. The van der Waals surface area contributed by atoms with Crippen molar-refractivity contribution in [3.63, 3.8) is 0 Å². The maximum Gasteiger partial charge on any atom is 0.258 e. The first kappa shape index (κ1) is 23.4. The van der Waals surface area contributed by atoms with E-state index in [1.54, 1.807) is 30.2 Å². The number of carbonyl (C=O) groups is 2. The van der Waals surface area contributed by atoms with Gasteiger partial charge >= 0.3 is 0 Å². The van der Waals surface area contributed by atoms with Crippen molar-refractivity contribution in [1.82, 2.24) is 14.4 Å². The van der Waals surface area contributed by atoms with Gasteiger partial charge in [0, 0.05) is 37.6 Å². The highest BCUT2D eigenvalue weighted by molar-refractivity contribution is 5.99. The summed E-state index contributed by atoms with van der Waals surface area (Å²) in [5.74, 6) is 0.762. The van der Waals surface area contributed by atoms with Crippen LogP contribution in [0.3, 0.4) is 0 Å². The fourth-order valence-electron chi connectivity index (χ4n) is 4.02. The minimum atomic E-state index is -0.200. The monoisotopic (exact) mass is 461 g/mol. The summed E-state index contributed by atoms with van der Waals surface area (Å²) < 4.78 is 12.7. The highest BCUT2D eigenvalue weighted by Gasteiger charge is 2.36. The second-order valence-electron chi connectivity index (χ2n) is 8.58. The van der Waals surface area contributed by atoms with Gasteiger partial charge in [-0.25, -0.2) is 0 Å². The Morgan fingerprint density at radius 2 is 1.74 bits per heavy atom. The van der Waals surface area contributed by atoms with Gasteiger partial charge in [0.05, 0.1) is 26.3 Å². The van der Waals surface area contributed by atoms with Crippen molar-refractivity contribution in [2.45, 2.75) is 32.0 Å². The number of carbonyl (C=O) groups excluding carboxylic acids is 2. The van der Waals surface area contributed by atoms with Crippen LogP contribution in [0.5, 0.6) is 11.5 Å². The predicted octanol–water partition coefficient (Wildman–Crippen LogP) is 3.88. The van der Waals surface area contributed by atoms with Gasteiger partial charge in [-0.15, -0.1) is 0 Å². The van der Waals surface area contributed by atoms with Gasteiger partial charge in [-0.05, 0) is 42.7 Å². The van der Waals surface area contributed by atoms with Crippen LogP contribution in [0, 0.1) is 0 Å². The SMILES string of the molecule is COc1ccc(C(=O)N(CC(=O)N(Cc2ccccc2)Cc2cccn2C)C2CC2)c(OC)c1. The molecule has 0 N–H and O–H groups in total. The van der Waals surface area contributed by atoms with E-state index in [9.17, 15) is 9.59 Å². The van der Waals surface area contributed by atoms with E-state index in [4.69, 9.17) is 9.47 Å². The Hall–Kier alpha value is -3.74. The molecular weight excluding hydrogens is 430 g/mol. The van der Waals surface area contributed by atoms with Crippen LogP contribution in [0.1, 0.15) is 34.5 Å². The molecular formula is C27H31N3O4. The van der Waals surface area contributed by atoms with Gasteiger partial charge in [-0.1, -0.05) is 30.3 Å². The molecule has 0 radical (unpaired) electrons. The molecule has 0 spiro atoms. The van der Waals surface area contributed by atoms with Gasteiger partial charge in [0.1, 0.15) is 18.0 Å². The van der Waals surface area contributed by atoms with Crippen molar-refractivity contribution in [1.29, 1.82) is 0 Å². The minimum absolute atomic E-state index is 0.0237. The number of ether oxygens (including phenoxy) is 2. The van der Waals surface area contributed by atoms with E-state index < -0.39 is 0 Å². The first-order valence-electron chi connectivity index (χ1n) is 11.4. The standard InChI is InChI=1S/C27H31N3O4/c1-28-15-7-10-22(28)18-29(17-20-8-5-4-6-9-20)26(31)19-30(21-11-12-21)27(32)24-14-13-23(33-2)16-25(24)34-3/h4-10,13-16,21H,11-12,17-19H2,1-3H3. The van der Waals surface area contributed by atoms with Crippen LogP contribution in [0.15, 0.2) is 66.9 Å². The Balaban J connectivity index is 1.56. The molecule has 0 bridgehead atoms. The first-order chi connectivity index (χ1) is 16.5. The molecule has 7 heteroatoms. The summed E-state index contributed by atoms with van der Waals surface area (Å²) in [5, 5.41) is 0. The van der Waals surface area contributed by atoms with Gasteiger partial charge < -0.3 is 23.8 Å². The molecule has 1 fully saturated rings. The normalized spacial score (nSPS) is 12.8. The van der Waals surface area contributed by atoms with Crippen LogP contribution in [0.2, 0.25) is 0 Å². The molecule has 2 amide bonds. The molecule has 1 saturated carbocycles. The number of amides is 2. The number of aromatic nitrogens is 1. The second-order valence-corrected chi connectivity index (χ2v) is 8.58. The van der Waals surface area contributed by atoms with E-state index in [-0.39, 0.29) is 24.4 Å². The third-order valence-electron chi connectivity index (χ3n) is 6.17. The van der Waals surface area contributed by atoms with Crippen LogP contribution in [-0.2, 0) is 24.9 Å². The zero-order valence-corrected chi connectivity index (χ0v) is 19.9. The molecule has 2 aromatic carbocycles. The summed E-state index contributed by atoms with van der Waals surface area (Å²) in [6.07, 6.45) is 3.76. The summed E-state index contributed by atoms with van der Waals surface area (Å²) in [6, 6.07) is 19.1. The van der Waals surface area contributed by atoms with Crippen LogP contribution in [0.4, 0.5) is 0 Å². The topological polar surface area (TPSA) is 64.0 Å². The Morgan fingerprint density at radius 1 is 0.971 bits per heavy atom. The van der Waals surface area contributed by atoms with Crippen LogP contribution in [-0.4, -0.2) is 53.0 Å². The van der Waals surface area contributed by atoms with Crippen molar-refractivity contribution in [3.05, 3.63) is 83.7 Å². The molecule has 34 heavy (non-hydrogen) atoms. The number of benzene rings is 2. The van der Waals surface area contributed by atoms with Gasteiger partial charge in [0.25, 0.3) is 5.91 Å². The fourth-order valence-corrected chi connectivity index (χ4v) is 4.02. The van der Waals surface area contributed by atoms with E-state index in [1.807, 2.05) is 65.2 Å². The summed E-state index contributed by atoms with van der Waals surface area (Å²) >= 11 is 0. The van der Waals surface area contributed by atoms with E-state index >= 15 is 0 Å². The van der Waals surface area contributed by atoms with Crippen LogP contribution in [0.25, 0.3) is 0 Å². The molecule has 1 heterocycles. The maximum atomic E-state index is 13.6. The summed E-state index contributed by atoms with van der Waals surface area (Å²) in [4.78, 5) is 30.6. The molecule has 0 atom stereocenters. The Bertz CT molecular complexity index is 1140. The van der Waals surface area contributed by atoms with Crippen LogP contribution < -0.4 is 9.47 Å². The van der Waals surface area contributed by atoms with Crippen molar-refractivity contribution in [2.75, 3.05) is 20.8 Å². The summed E-state index contributed by atoms with van der Waals surface area (Å²) in [5.41, 5.74) is 2.51. The Labute approximate surface area is 200 Å². The summed E-state index contributed by atoms with van der Waals surface area (Å²) in [6.45, 7) is 0.967. The zero-order chi connectivity index (χ0) is 24.1. The fraction of sp³-hybridized carbons (Fsp3) is 0.333. The van der Waals surface area contributed by atoms with Crippen molar-refractivity contribution in [3.8, 4) is 11.5 Å². The highest BCUT2D eigenvalue weighted by atomic mass is 16.5. The maximum absolute atomic E-state index is 13.6. The quantitative estimate of drug-likeness (QED) is 0.460. The number of rotatable bonds is 10. The minimum Gasteiger partial charge on any atom is -0.497 e.